The number of hydrogen-bond acceptors (Lipinski definition) is 3. The number of nitrogens with one attached hydrogen (secondary N) is 2. The van der Waals surface area contributed by atoms with Crippen LogP contribution in [0.25, 0.3) is 0 Å². The molecule has 0 spiro atoms. The Morgan fingerprint density at radius 1 is 1.53 bits per heavy atom. The number of hydrogen-bond donors (Lipinski definition) is 2. The normalized spacial score (nSPS) is 19.9. The quantitative estimate of drug-likeness (QED) is 0.806. The van der Waals surface area contributed by atoms with Crippen molar-refractivity contribution in [2.75, 3.05) is 19.6 Å². The highest BCUT2D eigenvalue weighted by Gasteiger charge is 2.19. The molecule has 17 heavy (non-hydrogen) atoms. The van der Waals surface area contributed by atoms with Crippen molar-refractivity contribution >= 4 is 5.91 Å². The number of piperidine rings is 1. The van der Waals surface area contributed by atoms with Crippen molar-refractivity contribution in [1.82, 2.24) is 15.6 Å². The van der Waals surface area contributed by atoms with Gasteiger partial charge in [0.2, 0.25) is 5.91 Å². The van der Waals surface area contributed by atoms with E-state index in [0.29, 0.717) is 6.54 Å². The fourth-order valence-electron chi connectivity index (χ4n) is 2.08. The molecule has 1 aromatic heterocycles. The van der Waals surface area contributed by atoms with Gasteiger partial charge in [0.05, 0.1) is 5.92 Å². The van der Waals surface area contributed by atoms with Gasteiger partial charge in [-0.1, -0.05) is 6.07 Å². The summed E-state index contributed by atoms with van der Waals surface area (Å²) in [5.74, 6) is 0.320. The van der Waals surface area contributed by atoms with Crippen LogP contribution in [0.1, 0.15) is 18.5 Å². The molecular formula is C13H19N3O. The molecule has 1 fully saturated rings. The third-order valence-electron chi connectivity index (χ3n) is 3.07. The second-order valence-corrected chi connectivity index (χ2v) is 4.41. The van der Waals surface area contributed by atoms with Crippen molar-refractivity contribution in [3.05, 3.63) is 30.1 Å². The molecule has 0 radical (unpaired) electrons. The van der Waals surface area contributed by atoms with E-state index in [0.717, 1.165) is 38.0 Å². The Morgan fingerprint density at radius 2 is 2.47 bits per heavy atom. The molecule has 2 heterocycles. The summed E-state index contributed by atoms with van der Waals surface area (Å²) in [6, 6.07) is 5.85. The van der Waals surface area contributed by atoms with Crippen LogP contribution in [-0.2, 0) is 11.2 Å². The summed E-state index contributed by atoms with van der Waals surface area (Å²) >= 11 is 0. The van der Waals surface area contributed by atoms with E-state index in [1.807, 2.05) is 18.2 Å². The van der Waals surface area contributed by atoms with Gasteiger partial charge in [0.1, 0.15) is 0 Å². The molecule has 0 unspecified atom stereocenters. The van der Waals surface area contributed by atoms with Crippen LogP contribution in [0.4, 0.5) is 0 Å². The van der Waals surface area contributed by atoms with Gasteiger partial charge >= 0.3 is 0 Å². The maximum atomic E-state index is 11.8. The molecule has 1 amide bonds. The Balaban J connectivity index is 1.69. The molecule has 2 rings (SSSR count). The predicted octanol–water partition coefficient (Wildman–Crippen LogP) is 0.740. The fourth-order valence-corrected chi connectivity index (χ4v) is 2.08. The molecule has 92 valence electrons. The standard InChI is InChI=1S/C13H19N3O/c17-13(11-4-3-7-14-10-11)16-9-6-12-5-1-2-8-15-12/h1-2,5,8,11,14H,3-4,6-7,9-10H2,(H,16,17)/t11-/m1/s1. The summed E-state index contributed by atoms with van der Waals surface area (Å²) in [7, 11) is 0. The van der Waals surface area contributed by atoms with Crippen molar-refractivity contribution in [3.63, 3.8) is 0 Å². The summed E-state index contributed by atoms with van der Waals surface area (Å²) < 4.78 is 0. The minimum absolute atomic E-state index is 0.146. The van der Waals surface area contributed by atoms with Gasteiger partial charge in [-0.05, 0) is 31.5 Å². The molecule has 1 saturated heterocycles. The van der Waals surface area contributed by atoms with Crippen LogP contribution in [0, 0.1) is 5.92 Å². The van der Waals surface area contributed by atoms with E-state index in [1.54, 1.807) is 6.20 Å². The Bertz CT molecular complexity index is 347. The Kier molecular flexibility index (Phi) is 4.50. The summed E-state index contributed by atoms with van der Waals surface area (Å²) in [5.41, 5.74) is 1.02. The van der Waals surface area contributed by atoms with Crippen LogP contribution in [0.15, 0.2) is 24.4 Å². The van der Waals surface area contributed by atoms with E-state index >= 15 is 0 Å². The molecule has 1 atom stereocenters. The fraction of sp³-hybridized carbons (Fsp3) is 0.538. The summed E-state index contributed by atoms with van der Waals surface area (Å²) in [6.07, 6.45) is 4.68. The van der Waals surface area contributed by atoms with Gasteiger partial charge in [-0.25, -0.2) is 0 Å². The third kappa shape index (κ3) is 3.82. The highest BCUT2D eigenvalue weighted by atomic mass is 16.1. The zero-order valence-corrected chi connectivity index (χ0v) is 9.98. The Morgan fingerprint density at radius 3 is 3.18 bits per heavy atom. The van der Waals surface area contributed by atoms with Crippen molar-refractivity contribution in [3.8, 4) is 0 Å². The summed E-state index contributed by atoms with van der Waals surface area (Å²) in [4.78, 5) is 16.0. The van der Waals surface area contributed by atoms with Gasteiger partial charge in [-0.2, -0.15) is 0 Å². The van der Waals surface area contributed by atoms with Gasteiger partial charge < -0.3 is 10.6 Å². The lowest BCUT2D eigenvalue weighted by atomic mass is 9.99. The van der Waals surface area contributed by atoms with Gasteiger partial charge in [-0.3, -0.25) is 9.78 Å². The SMILES string of the molecule is O=C(NCCc1ccccn1)[C@@H]1CCCNC1. The van der Waals surface area contributed by atoms with Crippen molar-refractivity contribution in [1.29, 1.82) is 0 Å². The van der Waals surface area contributed by atoms with E-state index < -0.39 is 0 Å². The number of rotatable bonds is 4. The molecule has 0 aliphatic carbocycles. The number of nitrogens with zero attached hydrogens (tertiary/aromatic N) is 1. The number of aromatic nitrogens is 1. The van der Waals surface area contributed by atoms with E-state index in [9.17, 15) is 4.79 Å². The average Bonchev–Trinajstić information content (AvgIpc) is 2.41. The van der Waals surface area contributed by atoms with Gasteiger partial charge in [0.25, 0.3) is 0 Å². The molecular weight excluding hydrogens is 214 g/mol. The second kappa shape index (κ2) is 6.35. The molecule has 1 aliphatic rings. The minimum Gasteiger partial charge on any atom is -0.355 e. The van der Waals surface area contributed by atoms with Crippen molar-refractivity contribution in [2.45, 2.75) is 19.3 Å². The zero-order chi connectivity index (χ0) is 11.9. The number of pyridine rings is 1. The van der Waals surface area contributed by atoms with Crippen molar-refractivity contribution in [2.24, 2.45) is 5.92 Å². The number of carbonyl (C=O) groups excluding carboxylic acids is 1. The molecule has 2 N–H and O–H groups in total. The van der Waals surface area contributed by atoms with E-state index in [1.165, 1.54) is 0 Å². The largest absolute Gasteiger partial charge is 0.355 e. The smallest absolute Gasteiger partial charge is 0.224 e. The highest BCUT2D eigenvalue weighted by Crippen LogP contribution is 2.09. The van der Waals surface area contributed by atoms with Gasteiger partial charge in [0.15, 0.2) is 0 Å². The first kappa shape index (κ1) is 12.0. The molecule has 1 aromatic rings. The van der Waals surface area contributed by atoms with E-state index in [-0.39, 0.29) is 11.8 Å². The topological polar surface area (TPSA) is 54.0 Å². The maximum Gasteiger partial charge on any atom is 0.224 e. The summed E-state index contributed by atoms with van der Waals surface area (Å²) in [5, 5.41) is 6.23. The van der Waals surface area contributed by atoms with Crippen LogP contribution in [0.3, 0.4) is 0 Å². The first-order valence-corrected chi connectivity index (χ1v) is 6.24. The average molecular weight is 233 g/mol. The first-order chi connectivity index (χ1) is 8.36. The monoisotopic (exact) mass is 233 g/mol. The first-order valence-electron chi connectivity index (χ1n) is 6.24. The number of amides is 1. The Labute approximate surface area is 102 Å². The molecule has 0 bridgehead atoms. The maximum absolute atomic E-state index is 11.8. The van der Waals surface area contributed by atoms with E-state index in [4.69, 9.17) is 0 Å². The molecule has 0 aromatic carbocycles. The van der Waals surface area contributed by atoms with E-state index in [2.05, 4.69) is 15.6 Å². The van der Waals surface area contributed by atoms with Gasteiger partial charge in [-0.15, -0.1) is 0 Å². The van der Waals surface area contributed by atoms with Crippen LogP contribution in [-0.4, -0.2) is 30.5 Å². The second-order valence-electron chi connectivity index (χ2n) is 4.41. The lowest BCUT2D eigenvalue weighted by molar-refractivity contribution is -0.125. The molecule has 4 heteroatoms. The third-order valence-corrected chi connectivity index (χ3v) is 3.07. The summed E-state index contributed by atoms with van der Waals surface area (Å²) in [6.45, 7) is 2.53. The van der Waals surface area contributed by atoms with Crippen LogP contribution >= 0.6 is 0 Å². The molecule has 1 aliphatic heterocycles. The van der Waals surface area contributed by atoms with Crippen LogP contribution < -0.4 is 10.6 Å². The van der Waals surface area contributed by atoms with Gasteiger partial charge in [0, 0.05) is 31.4 Å². The highest BCUT2D eigenvalue weighted by molar-refractivity contribution is 5.78. The Hall–Kier alpha value is -1.42. The van der Waals surface area contributed by atoms with Crippen molar-refractivity contribution < 1.29 is 4.79 Å². The lowest BCUT2D eigenvalue weighted by Crippen LogP contribution is -2.41. The lowest BCUT2D eigenvalue weighted by Gasteiger charge is -2.21. The molecule has 0 saturated carbocycles. The van der Waals surface area contributed by atoms with Crippen LogP contribution in [0.5, 0.6) is 0 Å². The zero-order valence-electron chi connectivity index (χ0n) is 9.98. The molecule has 4 nitrogen and oxygen atoms in total. The van der Waals surface area contributed by atoms with Crippen LogP contribution in [0.2, 0.25) is 0 Å². The predicted molar refractivity (Wildman–Crippen MR) is 66.5 cm³/mol. The minimum atomic E-state index is 0.146. The number of carbonyl (C=O) groups is 1.